The van der Waals surface area contributed by atoms with E-state index in [0.29, 0.717) is 10.6 Å². The monoisotopic (exact) mass is 611 g/mol. The summed E-state index contributed by atoms with van der Waals surface area (Å²) in [4.78, 5) is 47.8. The fraction of sp³-hybridized carbons (Fsp3) is 0.355. The SMILES string of the molecule is Cl.O=C(Nc1c(O)cccc1C(=O)Nc1ccc(Cl)cn1)c1ccc(C2CCCN(CCN3CCCCC3)C2=O)cc1. The van der Waals surface area contributed by atoms with Gasteiger partial charge in [-0.15, -0.1) is 12.4 Å². The van der Waals surface area contributed by atoms with Gasteiger partial charge in [0.1, 0.15) is 11.6 Å². The van der Waals surface area contributed by atoms with Gasteiger partial charge in [-0.2, -0.15) is 0 Å². The van der Waals surface area contributed by atoms with Gasteiger partial charge >= 0.3 is 0 Å². The number of piperidine rings is 2. The van der Waals surface area contributed by atoms with E-state index in [1.54, 1.807) is 24.3 Å². The lowest BCUT2D eigenvalue weighted by atomic mass is 9.89. The number of benzene rings is 2. The average molecular weight is 613 g/mol. The zero-order chi connectivity index (χ0) is 28.8. The molecule has 11 heteroatoms. The van der Waals surface area contributed by atoms with Crippen molar-refractivity contribution in [2.45, 2.75) is 38.0 Å². The largest absolute Gasteiger partial charge is 0.506 e. The standard InChI is InChI=1S/C31H34ClN5O4.ClH/c32-23-13-14-27(33-20-23)34-30(40)25-6-4-8-26(38)28(25)35-29(39)22-11-9-21(10-12-22)24-7-5-17-37(31(24)41)19-18-36-15-2-1-3-16-36;/h4,6,8-14,20,24,38H,1-3,5,7,15-19H2,(H,35,39)(H,33,34,40);1H. The molecule has 9 nitrogen and oxygen atoms in total. The number of phenols is 1. The number of pyridine rings is 1. The highest BCUT2D eigenvalue weighted by Gasteiger charge is 2.30. The van der Waals surface area contributed by atoms with E-state index in [9.17, 15) is 19.5 Å². The van der Waals surface area contributed by atoms with Gasteiger partial charge in [-0.1, -0.05) is 36.2 Å². The summed E-state index contributed by atoms with van der Waals surface area (Å²) < 4.78 is 0. The fourth-order valence-corrected chi connectivity index (χ4v) is 5.58. The van der Waals surface area contributed by atoms with E-state index in [2.05, 4.69) is 20.5 Å². The molecule has 1 atom stereocenters. The molecule has 5 rings (SSSR count). The van der Waals surface area contributed by atoms with E-state index in [0.717, 1.165) is 51.1 Å². The summed E-state index contributed by atoms with van der Waals surface area (Å²) >= 11 is 5.86. The molecule has 0 aliphatic carbocycles. The Morgan fingerprint density at radius 2 is 1.67 bits per heavy atom. The molecule has 0 bridgehead atoms. The molecule has 0 saturated carbocycles. The molecule has 3 amide bonds. The van der Waals surface area contributed by atoms with Crippen molar-refractivity contribution in [2.75, 3.05) is 43.4 Å². The summed E-state index contributed by atoms with van der Waals surface area (Å²) in [5, 5.41) is 16.2. The molecular weight excluding hydrogens is 577 g/mol. The van der Waals surface area contributed by atoms with Gasteiger partial charge in [-0.25, -0.2) is 4.98 Å². The first-order valence-electron chi connectivity index (χ1n) is 14.1. The van der Waals surface area contributed by atoms with Gasteiger partial charge < -0.3 is 25.5 Å². The van der Waals surface area contributed by atoms with Gasteiger partial charge in [-0.3, -0.25) is 14.4 Å². The molecule has 0 spiro atoms. The second-order valence-electron chi connectivity index (χ2n) is 10.5. The van der Waals surface area contributed by atoms with Crippen molar-refractivity contribution in [1.29, 1.82) is 0 Å². The van der Waals surface area contributed by atoms with Gasteiger partial charge in [0, 0.05) is 31.4 Å². The van der Waals surface area contributed by atoms with E-state index in [-0.39, 0.29) is 47.1 Å². The number of phenolic OH excluding ortho intramolecular Hbond substituents is 1. The zero-order valence-electron chi connectivity index (χ0n) is 23.2. The average Bonchev–Trinajstić information content (AvgIpc) is 2.99. The number of anilines is 2. The van der Waals surface area contributed by atoms with Crippen molar-refractivity contribution in [1.82, 2.24) is 14.8 Å². The lowest BCUT2D eigenvalue weighted by Crippen LogP contribution is -2.45. The summed E-state index contributed by atoms with van der Waals surface area (Å²) in [5.41, 5.74) is 1.28. The smallest absolute Gasteiger partial charge is 0.259 e. The number of carbonyl (C=O) groups excluding carboxylic acids is 3. The molecule has 3 aromatic rings. The van der Waals surface area contributed by atoms with Crippen molar-refractivity contribution in [2.24, 2.45) is 0 Å². The third-order valence-corrected chi connectivity index (χ3v) is 7.96. The van der Waals surface area contributed by atoms with Crippen LogP contribution in [0.2, 0.25) is 5.02 Å². The van der Waals surface area contributed by atoms with E-state index >= 15 is 0 Å². The van der Waals surface area contributed by atoms with Crippen LogP contribution in [0, 0.1) is 0 Å². The highest BCUT2D eigenvalue weighted by Crippen LogP contribution is 2.31. The highest BCUT2D eigenvalue weighted by atomic mass is 35.5. The molecular formula is C31H35Cl2N5O4. The predicted octanol–water partition coefficient (Wildman–Crippen LogP) is 5.56. The third-order valence-electron chi connectivity index (χ3n) is 7.74. The quantitative estimate of drug-likeness (QED) is 0.287. The van der Waals surface area contributed by atoms with Crippen LogP contribution in [-0.2, 0) is 4.79 Å². The Morgan fingerprint density at radius 1 is 0.905 bits per heavy atom. The summed E-state index contributed by atoms with van der Waals surface area (Å²) in [6.07, 6.45) is 6.89. The summed E-state index contributed by atoms with van der Waals surface area (Å²) in [5.74, 6) is -1.10. The van der Waals surface area contributed by atoms with Crippen molar-refractivity contribution < 1.29 is 19.5 Å². The molecule has 2 aromatic carbocycles. The molecule has 2 saturated heterocycles. The minimum atomic E-state index is -0.554. The van der Waals surface area contributed by atoms with Crippen LogP contribution >= 0.6 is 24.0 Å². The number of halogens is 2. The van der Waals surface area contributed by atoms with E-state index in [4.69, 9.17) is 11.6 Å². The Hall–Kier alpha value is -3.66. The second-order valence-corrected chi connectivity index (χ2v) is 11.0. The molecule has 0 radical (unpaired) electrons. The molecule has 3 heterocycles. The summed E-state index contributed by atoms with van der Waals surface area (Å²) in [7, 11) is 0. The van der Waals surface area contributed by atoms with Crippen molar-refractivity contribution in [3.05, 3.63) is 82.5 Å². The van der Waals surface area contributed by atoms with Crippen molar-refractivity contribution in [3.63, 3.8) is 0 Å². The number of nitrogens with zero attached hydrogens (tertiary/aromatic N) is 3. The minimum Gasteiger partial charge on any atom is -0.506 e. The van der Waals surface area contributed by atoms with Crippen LogP contribution in [-0.4, -0.2) is 70.3 Å². The lowest BCUT2D eigenvalue weighted by Gasteiger charge is -2.35. The van der Waals surface area contributed by atoms with Gasteiger partial charge in [0.2, 0.25) is 5.91 Å². The topological polar surface area (TPSA) is 115 Å². The number of carbonyl (C=O) groups is 3. The summed E-state index contributed by atoms with van der Waals surface area (Å²) in [6.45, 7) is 4.68. The third kappa shape index (κ3) is 7.59. The maximum atomic E-state index is 13.3. The highest BCUT2D eigenvalue weighted by molar-refractivity contribution is 6.30. The van der Waals surface area contributed by atoms with Crippen LogP contribution < -0.4 is 10.6 Å². The predicted molar refractivity (Wildman–Crippen MR) is 166 cm³/mol. The van der Waals surface area contributed by atoms with Gasteiger partial charge in [0.15, 0.2) is 0 Å². The Balaban J connectivity index is 0.00000405. The first-order chi connectivity index (χ1) is 19.9. The number of aromatic nitrogens is 1. The first-order valence-corrected chi connectivity index (χ1v) is 14.4. The number of hydrogen-bond acceptors (Lipinski definition) is 6. The van der Waals surface area contributed by atoms with E-state index < -0.39 is 11.8 Å². The van der Waals surface area contributed by atoms with Crippen LogP contribution in [0.4, 0.5) is 11.5 Å². The van der Waals surface area contributed by atoms with Gasteiger partial charge in [0.05, 0.1) is 22.2 Å². The lowest BCUT2D eigenvalue weighted by molar-refractivity contribution is -0.135. The molecule has 222 valence electrons. The van der Waals surface area contributed by atoms with Crippen LogP contribution in [0.1, 0.15) is 64.3 Å². The number of aromatic hydroxyl groups is 1. The van der Waals surface area contributed by atoms with E-state index in [1.807, 2.05) is 17.0 Å². The second kappa shape index (κ2) is 14.5. The normalized spacial score (nSPS) is 17.3. The van der Waals surface area contributed by atoms with Crippen molar-refractivity contribution in [3.8, 4) is 5.75 Å². The number of para-hydroxylation sites is 1. The molecule has 3 N–H and O–H groups in total. The summed E-state index contributed by atoms with van der Waals surface area (Å²) in [6, 6.07) is 14.5. The van der Waals surface area contributed by atoms with Crippen LogP contribution in [0.25, 0.3) is 0 Å². The Labute approximate surface area is 256 Å². The number of likely N-dealkylation sites (tertiary alicyclic amines) is 2. The van der Waals surface area contributed by atoms with Crippen LogP contribution in [0.5, 0.6) is 5.75 Å². The van der Waals surface area contributed by atoms with Gasteiger partial charge in [0.25, 0.3) is 11.8 Å². The van der Waals surface area contributed by atoms with Gasteiger partial charge in [-0.05, 0) is 80.7 Å². The molecule has 1 unspecified atom stereocenters. The molecule has 2 aliphatic heterocycles. The van der Waals surface area contributed by atoms with Crippen LogP contribution in [0.3, 0.4) is 0 Å². The maximum Gasteiger partial charge on any atom is 0.259 e. The van der Waals surface area contributed by atoms with Crippen molar-refractivity contribution >= 4 is 53.2 Å². The minimum absolute atomic E-state index is 0. The zero-order valence-corrected chi connectivity index (χ0v) is 24.8. The Bertz CT molecular complexity index is 1400. The molecule has 2 aliphatic rings. The molecule has 2 fully saturated rings. The number of hydrogen-bond donors (Lipinski definition) is 3. The molecule has 42 heavy (non-hydrogen) atoms. The first kappa shape index (κ1) is 31.3. The number of amides is 3. The fourth-order valence-electron chi connectivity index (χ4n) is 5.46. The van der Waals surface area contributed by atoms with E-state index in [1.165, 1.54) is 43.7 Å². The molecule has 1 aromatic heterocycles. The number of rotatable bonds is 8. The number of nitrogens with one attached hydrogen (secondary N) is 2. The Morgan fingerprint density at radius 3 is 2.38 bits per heavy atom. The van der Waals surface area contributed by atoms with Crippen LogP contribution in [0.15, 0.2) is 60.8 Å². The Kier molecular flexibility index (Phi) is 10.8. The maximum absolute atomic E-state index is 13.3.